The second-order valence-corrected chi connectivity index (χ2v) is 14.8. The third-order valence-electron chi connectivity index (χ3n) is 8.90. The van der Waals surface area contributed by atoms with Gasteiger partial charge in [-0.05, 0) is 31.8 Å². The molecule has 2 amide bonds. The Kier molecular flexibility index (Phi) is 25.5. The van der Waals surface area contributed by atoms with Gasteiger partial charge >= 0.3 is 29.6 Å². The summed E-state index contributed by atoms with van der Waals surface area (Å²) in [4.78, 5) is 37.0. The molecule has 0 aromatic carbocycles. The van der Waals surface area contributed by atoms with E-state index in [9.17, 15) is 34.8 Å². The van der Waals surface area contributed by atoms with E-state index in [1.807, 2.05) is 35.0 Å². The number of likely N-dealkylation sites (N-methyl/N-ethyl adjacent to an activating group) is 1. The van der Waals surface area contributed by atoms with E-state index >= 15 is 0 Å². The molecule has 53 heavy (non-hydrogen) atoms. The number of quaternary nitrogens is 1. The molecule has 0 spiro atoms. The average Bonchev–Trinajstić information content (AvgIpc) is 3.08. The largest absolute Gasteiger partial charge is 1.00 e. The standard InChI is InChI=1S/C37H67N3O12.Na/c1-6-8-22-48-26-24-27(35(46)47)50-37(29(26)42)51-32-30(43)31(44)36(49-23-9-7-2)52-33(32)34(45)39-21-19-17-15-13-11-10-12-14-16-18-20-38-28(41)25-40(3,4)5;/h24,26,29-33,36-37,42-44H,6-23,25H2,1-5H3,(H2-,38,39,41,45,46,47);/q;+1/t26-,29+,30-,31+,32+,33+,36+,37+;/m1./s1. The Balaban J connectivity index is 0.0000140. The molecule has 0 radical (unpaired) electrons. The smallest absolute Gasteiger partial charge is 0.542 e. The SMILES string of the molecule is CCCCO[C@H]1O[C@H](C(=O)NCCCCCCCCCCCCNC(=O)C[N+](C)(C)C)[C@@H](O[C@@H]2OC(C(=O)[O-])=C[C@@H](OCCCC)[C@@H]2O)[C@H](O)[C@@H]1O.[Na+]. The number of rotatable bonds is 27. The number of carboxylic acids is 1. The normalized spacial score (nSPS) is 25.8. The number of carbonyl (C=O) groups excluding carboxylic acids is 3. The van der Waals surface area contributed by atoms with Gasteiger partial charge in [0.15, 0.2) is 18.9 Å². The summed E-state index contributed by atoms with van der Waals surface area (Å²) < 4.78 is 28.9. The van der Waals surface area contributed by atoms with Gasteiger partial charge in [0.05, 0.1) is 21.1 Å². The summed E-state index contributed by atoms with van der Waals surface area (Å²) in [5.41, 5.74) is 0. The summed E-state index contributed by atoms with van der Waals surface area (Å²) in [6, 6.07) is 0. The Morgan fingerprint density at radius 1 is 0.755 bits per heavy atom. The van der Waals surface area contributed by atoms with Crippen LogP contribution in [-0.4, -0.2) is 141 Å². The number of carboxylic acid groups (broad SMARTS) is 1. The molecule has 0 bridgehead atoms. The Morgan fingerprint density at radius 3 is 1.81 bits per heavy atom. The molecule has 5 N–H and O–H groups in total. The van der Waals surface area contributed by atoms with Gasteiger partial charge in [-0.2, -0.15) is 0 Å². The third kappa shape index (κ3) is 19.4. The molecular formula is C37H67N3NaO12+. The minimum atomic E-state index is -1.71. The van der Waals surface area contributed by atoms with Crippen LogP contribution in [0.2, 0.25) is 0 Å². The maximum atomic E-state index is 13.4. The molecule has 16 heteroatoms. The number of aliphatic carboxylic acids is 1. The van der Waals surface area contributed by atoms with Crippen LogP contribution in [0.5, 0.6) is 0 Å². The topological polar surface area (TPSA) is 205 Å². The van der Waals surface area contributed by atoms with E-state index in [4.69, 9.17) is 23.7 Å². The number of nitrogens with zero attached hydrogens (tertiary/aromatic N) is 1. The first kappa shape index (κ1) is 49.6. The van der Waals surface area contributed by atoms with Crippen LogP contribution < -0.4 is 45.3 Å². The van der Waals surface area contributed by atoms with Crippen LogP contribution in [0.15, 0.2) is 11.8 Å². The first-order chi connectivity index (χ1) is 24.8. The molecule has 2 aliphatic heterocycles. The molecule has 0 saturated carbocycles. The average molecular weight is 769 g/mol. The number of unbranched alkanes of at least 4 members (excludes halogenated alkanes) is 11. The van der Waals surface area contributed by atoms with E-state index in [1.54, 1.807) is 0 Å². The van der Waals surface area contributed by atoms with Gasteiger partial charge in [0.1, 0.15) is 42.2 Å². The van der Waals surface area contributed by atoms with Crippen LogP contribution in [0.25, 0.3) is 0 Å². The van der Waals surface area contributed by atoms with Crippen molar-refractivity contribution in [2.24, 2.45) is 0 Å². The molecule has 0 aromatic rings. The first-order valence-corrected chi connectivity index (χ1v) is 19.3. The molecule has 15 nitrogen and oxygen atoms in total. The van der Waals surface area contributed by atoms with E-state index in [0.29, 0.717) is 36.8 Å². The van der Waals surface area contributed by atoms with Crippen molar-refractivity contribution in [1.82, 2.24) is 10.6 Å². The monoisotopic (exact) mass is 768 g/mol. The number of hydrogen-bond acceptors (Lipinski definition) is 12. The summed E-state index contributed by atoms with van der Waals surface area (Å²) in [6.07, 6.45) is 2.47. The van der Waals surface area contributed by atoms with Crippen molar-refractivity contribution in [1.29, 1.82) is 0 Å². The zero-order valence-corrected chi connectivity index (χ0v) is 35.1. The number of ether oxygens (including phenoxy) is 5. The Bertz CT molecular complexity index is 1080. The Morgan fingerprint density at radius 2 is 1.28 bits per heavy atom. The molecule has 1 saturated heterocycles. The summed E-state index contributed by atoms with van der Waals surface area (Å²) >= 11 is 0. The third-order valence-corrected chi connectivity index (χ3v) is 8.90. The van der Waals surface area contributed by atoms with E-state index in [-0.39, 0.29) is 48.7 Å². The summed E-state index contributed by atoms with van der Waals surface area (Å²) in [7, 11) is 5.99. The van der Waals surface area contributed by atoms with Gasteiger partial charge in [-0.15, -0.1) is 0 Å². The number of amides is 2. The van der Waals surface area contributed by atoms with Gasteiger partial charge in [-0.3, -0.25) is 9.59 Å². The summed E-state index contributed by atoms with van der Waals surface area (Å²) in [5, 5.41) is 50.4. The van der Waals surface area contributed by atoms with Crippen LogP contribution >= 0.6 is 0 Å². The van der Waals surface area contributed by atoms with E-state index in [2.05, 4.69) is 10.6 Å². The molecule has 1 fully saturated rings. The van der Waals surface area contributed by atoms with Crippen LogP contribution in [0.1, 0.15) is 104 Å². The Labute approximate surface area is 338 Å². The molecule has 2 aliphatic rings. The van der Waals surface area contributed by atoms with Crippen molar-refractivity contribution in [3.05, 3.63) is 11.8 Å². The molecule has 2 heterocycles. The second kappa shape index (κ2) is 27.3. The Hall–Kier alpha value is -1.37. The van der Waals surface area contributed by atoms with E-state index in [1.165, 1.54) is 0 Å². The molecule has 0 unspecified atom stereocenters. The quantitative estimate of drug-likeness (QED) is 0.0351. The van der Waals surface area contributed by atoms with Gasteiger partial charge in [-0.25, -0.2) is 0 Å². The number of carbonyl (C=O) groups is 3. The molecule has 0 aliphatic carbocycles. The van der Waals surface area contributed by atoms with Gasteiger partial charge in [-0.1, -0.05) is 78.1 Å². The van der Waals surface area contributed by atoms with Crippen molar-refractivity contribution in [3.8, 4) is 0 Å². The minimum Gasteiger partial charge on any atom is -0.542 e. The fourth-order valence-electron chi connectivity index (χ4n) is 5.90. The van der Waals surface area contributed by atoms with Crippen LogP contribution in [0.4, 0.5) is 0 Å². The molecular weight excluding hydrogens is 701 g/mol. The number of aliphatic hydroxyl groups is 3. The molecule has 2 rings (SSSR count). The van der Waals surface area contributed by atoms with Crippen molar-refractivity contribution in [2.45, 2.75) is 153 Å². The number of aliphatic hydroxyl groups excluding tert-OH is 3. The van der Waals surface area contributed by atoms with Crippen molar-refractivity contribution in [2.75, 3.05) is 54.0 Å². The summed E-state index contributed by atoms with van der Waals surface area (Å²) in [5.74, 6) is -2.81. The molecule has 8 atom stereocenters. The first-order valence-electron chi connectivity index (χ1n) is 19.3. The molecule has 0 aromatic heterocycles. The second-order valence-electron chi connectivity index (χ2n) is 14.8. The van der Waals surface area contributed by atoms with Crippen LogP contribution in [-0.2, 0) is 38.1 Å². The van der Waals surface area contributed by atoms with E-state index in [0.717, 1.165) is 83.2 Å². The maximum absolute atomic E-state index is 13.4. The fraction of sp³-hybridized carbons (Fsp3) is 0.865. The van der Waals surface area contributed by atoms with Gasteiger partial charge < -0.3 is 64.0 Å². The number of hydrogen-bond donors (Lipinski definition) is 5. The van der Waals surface area contributed by atoms with E-state index < -0.39 is 66.8 Å². The van der Waals surface area contributed by atoms with Crippen molar-refractivity contribution in [3.63, 3.8) is 0 Å². The predicted molar refractivity (Wildman–Crippen MR) is 190 cm³/mol. The molecule has 302 valence electrons. The zero-order chi connectivity index (χ0) is 38.5. The minimum absolute atomic E-state index is 0. The predicted octanol–water partition coefficient (Wildman–Crippen LogP) is -1.99. The fourth-order valence-corrected chi connectivity index (χ4v) is 5.90. The maximum Gasteiger partial charge on any atom is 1.00 e. The number of nitrogens with one attached hydrogen (secondary N) is 2. The van der Waals surface area contributed by atoms with Crippen LogP contribution in [0, 0.1) is 0 Å². The van der Waals surface area contributed by atoms with Gasteiger partial charge in [0.2, 0.25) is 6.29 Å². The van der Waals surface area contributed by atoms with Crippen molar-refractivity contribution >= 4 is 17.8 Å². The van der Waals surface area contributed by atoms with Crippen LogP contribution in [0.3, 0.4) is 0 Å². The van der Waals surface area contributed by atoms with Gasteiger partial charge in [0.25, 0.3) is 11.8 Å². The zero-order valence-electron chi connectivity index (χ0n) is 33.1. The summed E-state index contributed by atoms with van der Waals surface area (Å²) in [6.45, 7) is 5.91. The van der Waals surface area contributed by atoms with Gasteiger partial charge in [0, 0.05) is 26.3 Å². The van der Waals surface area contributed by atoms with Crippen molar-refractivity contribution < 1.29 is 92.5 Å².